The number of carbonyl (C=O) groups excluding carboxylic acids is 2. The molecule has 0 aromatic rings. The van der Waals surface area contributed by atoms with Gasteiger partial charge in [0.05, 0.1) is 11.9 Å². The van der Waals surface area contributed by atoms with Crippen LogP contribution in [0.4, 0.5) is 0 Å². The van der Waals surface area contributed by atoms with Gasteiger partial charge in [-0.1, -0.05) is 0 Å². The van der Waals surface area contributed by atoms with Crippen molar-refractivity contribution < 1.29 is 47.8 Å². The molecule has 69 valence electrons. The van der Waals surface area contributed by atoms with Gasteiger partial charge in [-0.05, 0) is 12.2 Å². The van der Waals surface area contributed by atoms with Crippen LogP contribution in [0.5, 0.6) is 0 Å². The molecule has 0 aliphatic rings. The SMILES string of the molecule is O.O.O=C([O-])/C=C/C(=O)[O-].[Cu+2]. The van der Waals surface area contributed by atoms with Crippen LogP contribution in [0.1, 0.15) is 0 Å². The minimum atomic E-state index is -1.55. The van der Waals surface area contributed by atoms with E-state index in [4.69, 9.17) is 0 Å². The Morgan fingerprint density at radius 1 is 0.909 bits per heavy atom. The zero-order valence-electron chi connectivity index (χ0n) is 5.09. The minimum absolute atomic E-state index is 0. The van der Waals surface area contributed by atoms with Crippen LogP contribution in [-0.2, 0) is 26.7 Å². The first-order valence-electron chi connectivity index (χ1n) is 1.73. The van der Waals surface area contributed by atoms with Crippen molar-refractivity contribution in [3.05, 3.63) is 12.2 Å². The van der Waals surface area contributed by atoms with Crippen LogP contribution >= 0.6 is 0 Å². The molecule has 0 aliphatic carbocycles. The molecule has 0 aromatic carbocycles. The van der Waals surface area contributed by atoms with Gasteiger partial charge in [0.25, 0.3) is 0 Å². The summed E-state index contributed by atoms with van der Waals surface area (Å²) in [6, 6.07) is 0. The molecule has 0 heterocycles. The van der Waals surface area contributed by atoms with Crippen molar-refractivity contribution in [3.63, 3.8) is 0 Å². The van der Waals surface area contributed by atoms with Gasteiger partial charge in [0.15, 0.2) is 0 Å². The largest absolute Gasteiger partial charge is 2.00 e. The third-order valence-electron chi connectivity index (χ3n) is 0.355. The predicted octanol–water partition coefficient (Wildman–Crippen LogP) is -4.61. The second kappa shape index (κ2) is 11.9. The van der Waals surface area contributed by atoms with Crippen LogP contribution in [0.3, 0.4) is 0 Å². The van der Waals surface area contributed by atoms with E-state index in [0.717, 1.165) is 0 Å². The van der Waals surface area contributed by atoms with E-state index in [1.165, 1.54) is 0 Å². The van der Waals surface area contributed by atoms with Gasteiger partial charge in [0.1, 0.15) is 0 Å². The first kappa shape index (κ1) is 22.5. The predicted molar refractivity (Wildman–Crippen MR) is 26.4 cm³/mol. The van der Waals surface area contributed by atoms with Crippen LogP contribution in [0.2, 0.25) is 0 Å². The van der Waals surface area contributed by atoms with E-state index in [2.05, 4.69) is 0 Å². The van der Waals surface area contributed by atoms with E-state index in [1.54, 1.807) is 0 Å². The number of aliphatic carboxylic acids is 2. The van der Waals surface area contributed by atoms with E-state index in [-0.39, 0.29) is 28.0 Å². The summed E-state index contributed by atoms with van der Waals surface area (Å²) in [6.07, 6.45) is 0.769. The Hall–Kier alpha value is -0.881. The van der Waals surface area contributed by atoms with Gasteiger partial charge in [-0.3, -0.25) is 0 Å². The van der Waals surface area contributed by atoms with Crippen LogP contribution < -0.4 is 10.2 Å². The van der Waals surface area contributed by atoms with Crippen molar-refractivity contribution in [2.75, 3.05) is 0 Å². The first-order chi connectivity index (χ1) is 3.63. The van der Waals surface area contributed by atoms with Gasteiger partial charge in [-0.2, -0.15) is 0 Å². The molecule has 7 heteroatoms. The van der Waals surface area contributed by atoms with Gasteiger partial charge in [0.2, 0.25) is 0 Å². The van der Waals surface area contributed by atoms with Gasteiger partial charge in [-0.15, -0.1) is 0 Å². The number of rotatable bonds is 2. The summed E-state index contributed by atoms with van der Waals surface area (Å²) in [5.41, 5.74) is 0. The molecule has 0 atom stereocenters. The Balaban J connectivity index is -0.0000000817. The topological polar surface area (TPSA) is 143 Å². The second-order valence-electron chi connectivity index (χ2n) is 0.971. The number of hydrogen-bond donors (Lipinski definition) is 0. The number of carboxylic acids is 2. The fourth-order valence-electron chi connectivity index (χ4n) is 0.136. The smallest absolute Gasteiger partial charge is 0.545 e. The van der Waals surface area contributed by atoms with E-state index in [0.29, 0.717) is 12.2 Å². The standard InChI is InChI=1S/C4H4O4.Cu.2H2O/c5-3(6)1-2-4(7)8;;;/h1-2H,(H,5,6)(H,7,8);;2*1H2/q;+2;;/p-2/b2-1+;;;. The number of carbonyl (C=O) groups is 2. The average molecular weight is 214 g/mol. The summed E-state index contributed by atoms with van der Waals surface area (Å²) in [4.78, 5) is 18.8. The third-order valence-corrected chi connectivity index (χ3v) is 0.355. The Morgan fingerprint density at radius 3 is 1.18 bits per heavy atom. The fourth-order valence-corrected chi connectivity index (χ4v) is 0.136. The zero-order chi connectivity index (χ0) is 6.57. The molecule has 4 N–H and O–H groups in total. The molecule has 0 saturated carbocycles. The molecular formula is C4H6CuO6. The van der Waals surface area contributed by atoms with Crippen LogP contribution in [0, 0.1) is 0 Å². The summed E-state index contributed by atoms with van der Waals surface area (Å²) in [5.74, 6) is -3.09. The molecule has 1 radical (unpaired) electrons. The summed E-state index contributed by atoms with van der Waals surface area (Å²) < 4.78 is 0. The summed E-state index contributed by atoms with van der Waals surface area (Å²) >= 11 is 0. The third kappa shape index (κ3) is 27.2. The van der Waals surface area contributed by atoms with E-state index < -0.39 is 11.9 Å². The van der Waals surface area contributed by atoms with E-state index in [1.807, 2.05) is 0 Å². The Kier molecular flexibility index (Phi) is 24.2. The van der Waals surface area contributed by atoms with Crippen molar-refractivity contribution in [2.24, 2.45) is 0 Å². The molecule has 0 unspecified atom stereocenters. The summed E-state index contributed by atoms with van der Waals surface area (Å²) in [5, 5.41) is 18.8. The molecular weight excluding hydrogens is 208 g/mol. The maximum Gasteiger partial charge on any atom is 2.00 e. The molecule has 0 amide bonds. The second-order valence-corrected chi connectivity index (χ2v) is 0.971. The average Bonchev–Trinajstić information content (AvgIpc) is 1.61. The molecule has 0 spiro atoms. The minimum Gasteiger partial charge on any atom is -0.545 e. The fraction of sp³-hybridized carbons (Fsp3) is 0. The van der Waals surface area contributed by atoms with Crippen LogP contribution in [0.25, 0.3) is 0 Å². The number of hydrogen-bond acceptors (Lipinski definition) is 4. The molecule has 11 heavy (non-hydrogen) atoms. The van der Waals surface area contributed by atoms with Crippen molar-refractivity contribution in [3.8, 4) is 0 Å². The van der Waals surface area contributed by atoms with Gasteiger partial charge >= 0.3 is 17.1 Å². The Bertz CT molecular complexity index is 126. The maximum atomic E-state index is 9.41. The van der Waals surface area contributed by atoms with Crippen molar-refractivity contribution in [2.45, 2.75) is 0 Å². The zero-order valence-corrected chi connectivity index (χ0v) is 6.03. The molecule has 0 fully saturated rings. The molecule has 0 bridgehead atoms. The molecule has 0 aromatic heterocycles. The van der Waals surface area contributed by atoms with E-state index >= 15 is 0 Å². The van der Waals surface area contributed by atoms with Gasteiger partial charge in [-0.25, -0.2) is 0 Å². The Labute approximate surface area is 72.6 Å². The normalized spacial score (nSPS) is 6.91. The van der Waals surface area contributed by atoms with E-state index in [9.17, 15) is 19.8 Å². The molecule has 6 nitrogen and oxygen atoms in total. The van der Waals surface area contributed by atoms with Crippen LogP contribution in [-0.4, -0.2) is 22.9 Å². The van der Waals surface area contributed by atoms with Gasteiger partial charge < -0.3 is 30.8 Å². The van der Waals surface area contributed by atoms with Crippen molar-refractivity contribution in [1.82, 2.24) is 0 Å². The quantitative estimate of drug-likeness (QED) is 0.336. The van der Waals surface area contributed by atoms with Gasteiger partial charge in [0, 0.05) is 0 Å². The van der Waals surface area contributed by atoms with Crippen LogP contribution in [0.15, 0.2) is 12.2 Å². The summed E-state index contributed by atoms with van der Waals surface area (Å²) in [6.45, 7) is 0. The van der Waals surface area contributed by atoms with Crippen molar-refractivity contribution >= 4 is 11.9 Å². The monoisotopic (exact) mass is 213 g/mol. The summed E-state index contributed by atoms with van der Waals surface area (Å²) in [7, 11) is 0. The molecule has 0 rings (SSSR count). The molecule has 0 saturated heterocycles. The Morgan fingerprint density at radius 2 is 1.09 bits per heavy atom. The first-order valence-corrected chi connectivity index (χ1v) is 1.73. The van der Waals surface area contributed by atoms with Crippen molar-refractivity contribution in [1.29, 1.82) is 0 Å². The number of carboxylic acid groups (broad SMARTS) is 2. The maximum absolute atomic E-state index is 9.41. The molecule has 0 aliphatic heterocycles.